The molecule has 3 aliphatic carbocycles. The zero-order valence-electron chi connectivity index (χ0n) is 23.1. The fourth-order valence-electron chi connectivity index (χ4n) is 7.86. The fourth-order valence-corrected chi connectivity index (χ4v) is 8.91. The van der Waals surface area contributed by atoms with Crippen molar-refractivity contribution in [2.24, 2.45) is 40.4 Å². The van der Waals surface area contributed by atoms with Crippen molar-refractivity contribution in [1.82, 2.24) is 5.32 Å². The molecule has 0 aromatic heterocycles. The summed E-state index contributed by atoms with van der Waals surface area (Å²) in [5.41, 5.74) is 0.316. The standard InChI is InChI=1S/C28H51NO4Si/c1-9-19-10-11-23-22(17-29-25(31)32)24(13-15-27(19,23)5)28(6)14-12-21(30)16-20(28)18-33-34(7,8)26(2,3)4/h19-20,22-24,29H,9-18H2,1-8H3,(H,31,32)/t19-,20+,22-,23-,24-,27+,28?/m0/s1. The number of hydrogen-bond donors (Lipinski definition) is 2. The van der Waals surface area contributed by atoms with Gasteiger partial charge in [-0.2, -0.15) is 0 Å². The van der Waals surface area contributed by atoms with Crippen LogP contribution in [0.3, 0.4) is 0 Å². The van der Waals surface area contributed by atoms with Gasteiger partial charge in [-0.1, -0.05) is 48.0 Å². The number of hydrogen-bond acceptors (Lipinski definition) is 3. The number of Topliss-reactive ketones (excluding diaryl/α,β-unsaturated/α-hetero) is 1. The smallest absolute Gasteiger partial charge is 0.404 e. The third kappa shape index (κ3) is 5.14. The third-order valence-corrected chi connectivity index (χ3v) is 15.8. The summed E-state index contributed by atoms with van der Waals surface area (Å²) in [6.45, 7) is 19.8. The molecule has 1 amide bonds. The largest absolute Gasteiger partial charge is 0.465 e. The lowest BCUT2D eigenvalue weighted by Crippen LogP contribution is -2.54. The quantitative estimate of drug-likeness (QED) is 0.370. The van der Waals surface area contributed by atoms with Crippen molar-refractivity contribution < 1.29 is 19.1 Å². The minimum Gasteiger partial charge on any atom is -0.465 e. The molecule has 3 fully saturated rings. The predicted molar refractivity (Wildman–Crippen MR) is 140 cm³/mol. The number of carbonyl (C=O) groups is 2. The monoisotopic (exact) mass is 493 g/mol. The van der Waals surface area contributed by atoms with Crippen molar-refractivity contribution >= 4 is 20.2 Å². The Bertz CT molecular complexity index is 762. The highest BCUT2D eigenvalue weighted by molar-refractivity contribution is 6.74. The molecule has 0 aromatic carbocycles. The number of amides is 1. The van der Waals surface area contributed by atoms with E-state index < -0.39 is 14.4 Å². The maximum Gasteiger partial charge on any atom is 0.404 e. The predicted octanol–water partition coefficient (Wildman–Crippen LogP) is 7.12. The van der Waals surface area contributed by atoms with Gasteiger partial charge in [0.25, 0.3) is 0 Å². The minimum atomic E-state index is -1.92. The molecule has 1 unspecified atom stereocenters. The summed E-state index contributed by atoms with van der Waals surface area (Å²) >= 11 is 0. The number of carbonyl (C=O) groups excluding carboxylic acids is 1. The molecule has 2 N–H and O–H groups in total. The average molecular weight is 494 g/mol. The topological polar surface area (TPSA) is 75.6 Å². The van der Waals surface area contributed by atoms with E-state index in [1.54, 1.807) is 0 Å². The van der Waals surface area contributed by atoms with Gasteiger partial charge in [-0.05, 0) is 90.7 Å². The summed E-state index contributed by atoms with van der Waals surface area (Å²) in [4.78, 5) is 24.2. The third-order valence-electron chi connectivity index (χ3n) is 11.3. The summed E-state index contributed by atoms with van der Waals surface area (Å²) in [5, 5.41) is 12.4. The van der Waals surface area contributed by atoms with Gasteiger partial charge in [-0.3, -0.25) is 4.79 Å². The molecular weight excluding hydrogens is 442 g/mol. The van der Waals surface area contributed by atoms with E-state index >= 15 is 0 Å². The second-order valence-electron chi connectivity index (χ2n) is 13.8. The molecular formula is C28H51NO4Si. The Kier molecular flexibility index (Phi) is 8.05. The van der Waals surface area contributed by atoms with Gasteiger partial charge in [0.1, 0.15) is 5.78 Å². The second-order valence-corrected chi connectivity index (χ2v) is 18.6. The summed E-state index contributed by atoms with van der Waals surface area (Å²) in [6.07, 6.45) is 7.30. The number of rotatable bonds is 7. The van der Waals surface area contributed by atoms with Gasteiger partial charge < -0.3 is 14.8 Å². The molecule has 7 atom stereocenters. The van der Waals surface area contributed by atoms with Crippen LogP contribution in [-0.4, -0.2) is 38.5 Å². The van der Waals surface area contributed by atoms with Gasteiger partial charge in [0.2, 0.25) is 0 Å². The molecule has 0 heterocycles. The van der Waals surface area contributed by atoms with Gasteiger partial charge in [0, 0.05) is 26.0 Å². The van der Waals surface area contributed by atoms with Crippen LogP contribution in [-0.2, 0) is 9.22 Å². The molecule has 3 rings (SSSR count). The number of nitrogens with one attached hydrogen (secondary N) is 1. The van der Waals surface area contributed by atoms with Crippen molar-refractivity contribution in [3.8, 4) is 0 Å². The average Bonchev–Trinajstić information content (AvgIpc) is 3.08. The van der Waals surface area contributed by atoms with Crippen LogP contribution in [0.25, 0.3) is 0 Å². The molecule has 3 saturated carbocycles. The Labute approximate surface area is 209 Å². The van der Waals surface area contributed by atoms with Crippen LogP contribution in [0.15, 0.2) is 0 Å². The lowest BCUT2D eigenvalue weighted by Gasteiger charge is -2.57. The highest BCUT2D eigenvalue weighted by Gasteiger charge is 2.58. The highest BCUT2D eigenvalue weighted by Crippen LogP contribution is 2.64. The lowest BCUT2D eigenvalue weighted by atomic mass is 9.49. The first kappa shape index (κ1) is 27.7. The van der Waals surface area contributed by atoms with Crippen LogP contribution in [0, 0.1) is 40.4 Å². The summed E-state index contributed by atoms with van der Waals surface area (Å²) < 4.78 is 6.72. The van der Waals surface area contributed by atoms with Crippen molar-refractivity contribution in [2.75, 3.05) is 13.2 Å². The van der Waals surface area contributed by atoms with Gasteiger partial charge in [0.15, 0.2) is 8.32 Å². The maximum absolute atomic E-state index is 12.6. The number of fused-ring (bicyclic) bond motifs is 1. The van der Waals surface area contributed by atoms with Crippen LogP contribution >= 0.6 is 0 Å². The van der Waals surface area contributed by atoms with Crippen molar-refractivity contribution in [3.05, 3.63) is 0 Å². The molecule has 5 nitrogen and oxygen atoms in total. The van der Waals surface area contributed by atoms with Crippen molar-refractivity contribution in [1.29, 1.82) is 0 Å². The van der Waals surface area contributed by atoms with E-state index in [0.29, 0.717) is 54.9 Å². The van der Waals surface area contributed by atoms with Gasteiger partial charge in [0.05, 0.1) is 0 Å². The minimum absolute atomic E-state index is 0.00670. The summed E-state index contributed by atoms with van der Waals surface area (Å²) in [6, 6.07) is 0. The van der Waals surface area contributed by atoms with E-state index in [9.17, 15) is 14.7 Å². The van der Waals surface area contributed by atoms with Crippen LogP contribution in [0.1, 0.15) is 92.9 Å². The Morgan fingerprint density at radius 3 is 2.29 bits per heavy atom. The maximum atomic E-state index is 12.6. The lowest BCUT2D eigenvalue weighted by molar-refractivity contribution is -0.132. The first-order valence-corrected chi connectivity index (χ1v) is 16.7. The Morgan fingerprint density at radius 2 is 1.71 bits per heavy atom. The molecule has 0 aromatic rings. The van der Waals surface area contributed by atoms with Crippen LogP contribution in [0.4, 0.5) is 4.79 Å². The van der Waals surface area contributed by atoms with E-state index in [2.05, 4.69) is 60.0 Å². The summed E-state index contributed by atoms with van der Waals surface area (Å²) in [7, 11) is -1.92. The van der Waals surface area contributed by atoms with Crippen molar-refractivity contribution in [2.45, 2.75) is 111 Å². The van der Waals surface area contributed by atoms with Gasteiger partial charge in [-0.25, -0.2) is 4.79 Å². The molecule has 0 saturated heterocycles. The zero-order chi connectivity index (χ0) is 25.5. The molecule has 0 radical (unpaired) electrons. The van der Waals surface area contributed by atoms with E-state index in [1.165, 1.54) is 25.7 Å². The van der Waals surface area contributed by atoms with Crippen LogP contribution < -0.4 is 5.32 Å². The number of carboxylic acid groups (broad SMARTS) is 1. The molecule has 34 heavy (non-hydrogen) atoms. The SMILES string of the molecule is CC[C@H]1CC[C@H]2[C@H](CNC(=O)O)[C@@H](C3(C)CCC(=O)C[C@@H]3CO[Si](C)(C)C(C)(C)C)CC[C@]12C. The van der Waals surface area contributed by atoms with Crippen LogP contribution in [0.5, 0.6) is 0 Å². The van der Waals surface area contributed by atoms with Gasteiger partial charge in [-0.15, -0.1) is 0 Å². The normalized spacial score (nSPS) is 39.1. The molecule has 0 bridgehead atoms. The fraction of sp³-hybridized carbons (Fsp3) is 0.929. The first-order chi connectivity index (χ1) is 15.7. The molecule has 196 valence electrons. The Morgan fingerprint density at radius 1 is 1.09 bits per heavy atom. The Balaban J connectivity index is 1.90. The highest BCUT2D eigenvalue weighted by atomic mass is 28.4. The molecule has 3 aliphatic rings. The van der Waals surface area contributed by atoms with E-state index in [-0.39, 0.29) is 16.4 Å². The van der Waals surface area contributed by atoms with E-state index in [4.69, 9.17) is 4.43 Å². The number of ketones is 1. The summed E-state index contributed by atoms with van der Waals surface area (Å²) in [5.74, 6) is 2.64. The van der Waals surface area contributed by atoms with E-state index in [1.807, 2.05) is 0 Å². The molecule has 0 aliphatic heterocycles. The van der Waals surface area contributed by atoms with Crippen LogP contribution in [0.2, 0.25) is 18.1 Å². The van der Waals surface area contributed by atoms with Gasteiger partial charge >= 0.3 is 6.09 Å². The van der Waals surface area contributed by atoms with Crippen molar-refractivity contribution in [3.63, 3.8) is 0 Å². The first-order valence-electron chi connectivity index (χ1n) is 13.8. The second kappa shape index (κ2) is 9.88. The Hall–Kier alpha value is -0.883. The van der Waals surface area contributed by atoms with E-state index in [0.717, 1.165) is 18.8 Å². The molecule has 6 heteroatoms. The zero-order valence-corrected chi connectivity index (χ0v) is 24.1. The molecule has 0 spiro atoms.